The lowest BCUT2D eigenvalue weighted by atomic mass is 10.1. The Morgan fingerprint density at radius 3 is 2.68 bits per heavy atom. The van der Waals surface area contributed by atoms with Gasteiger partial charge >= 0.3 is 0 Å². The van der Waals surface area contributed by atoms with Crippen molar-refractivity contribution < 1.29 is 4.39 Å². The quantitative estimate of drug-likeness (QED) is 0.919. The van der Waals surface area contributed by atoms with Crippen molar-refractivity contribution in [2.24, 2.45) is 0 Å². The first-order valence-corrected chi connectivity index (χ1v) is 6.31. The maximum Gasteiger partial charge on any atom is 0.141 e. The Kier molecular flexibility index (Phi) is 3.95. The van der Waals surface area contributed by atoms with E-state index < -0.39 is 0 Å². The van der Waals surface area contributed by atoms with E-state index in [9.17, 15) is 4.39 Å². The van der Waals surface area contributed by atoms with Crippen LogP contribution in [0.4, 0.5) is 4.39 Å². The van der Waals surface area contributed by atoms with Crippen molar-refractivity contribution in [1.29, 1.82) is 0 Å². The number of benzene rings is 1. The Bertz CT molecular complexity index is 542. The van der Waals surface area contributed by atoms with Crippen LogP contribution in [0.1, 0.15) is 32.2 Å². The van der Waals surface area contributed by atoms with Gasteiger partial charge in [-0.05, 0) is 26.8 Å². The van der Waals surface area contributed by atoms with E-state index in [1.54, 1.807) is 16.8 Å². The Balaban J connectivity index is 2.10. The van der Waals surface area contributed by atoms with Gasteiger partial charge < -0.3 is 5.32 Å². The molecule has 2 aromatic rings. The number of hydrogen-bond donors (Lipinski definition) is 1. The second-order valence-electron chi connectivity index (χ2n) is 5.53. The van der Waals surface area contributed by atoms with Crippen molar-refractivity contribution in [3.63, 3.8) is 0 Å². The summed E-state index contributed by atoms with van der Waals surface area (Å²) in [7, 11) is 0. The fraction of sp³-hybridized carbons (Fsp3) is 0.429. The largest absolute Gasteiger partial charge is 0.305 e. The summed E-state index contributed by atoms with van der Waals surface area (Å²) in [6.45, 7) is 7.27. The van der Waals surface area contributed by atoms with Crippen LogP contribution in [0, 0.1) is 5.82 Å². The highest BCUT2D eigenvalue weighted by atomic mass is 19.1. The van der Waals surface area contributed by atoms with Crippen LogP contribution < -0.4 is 5.32 Å². The minimum atomic E-state index is -0.215. The van der Waals surface area contributed by atoms with E-state index in [0.29, 0.717) is 18.7 Å². The molecule has 0 saturated carbocycles. The average molecular weight is 262 g/mol. The average Bonchev–Trinajstić information content (AvgIpc) is 2.76. The van der Waals surface area contributed by atoms with Gasteiger partial charge in [0.15, 0.2) is 0 Å². The molecule has 0 aliphatic rings. The molecule has 1 heterocycles. The van der Waals surface area contributed by atoms with Crippen LogP contribution in [-0.4, -0.2) is 20.3 Å². The van der Waals surface area contributed by atoms with E-state index in [1.165, 1.54) is 12.4 Å². The summed E-state index contributed by atoms with van der Waals surface area (Å²) < 4.78 is 15.3. The van der Waals surface area contributed by atoms with Gasteiger partial charge in [0, 0.05) is 11.1 Å². The van der Waals surface area contributed by atoms with Gasteiger partial charge in [-0.3, -0.25) is 0 Å². The zero-order chi connectivity index (χ0) is 13.9. The zero-order valence-electron chi connectivity index (χ0n) is 11.5. The first-order valence-electron chi connectivity index (χ1n) is 6.31. The Labute approximate surface area is 112 Å². The SMILES string of the molecule is CC(C)(C)NCc1ncnn1Cc1ccccc1F. The van der Waals surface area contributed by atoms with Crippen LogP contribution in [0.15, 0.2) is 30.6 Å². The smallest absolute Gasteiger partial charge is 0.141 e. The summed E-state index contributed by atoms with van der Waals surface area (Å²) >= 11 is 0. The molecule has 1 N–H and O–H groups in total. The van der Waals surface area contributed by atoms with Crippen LogP contribution in [0.3, 0.4) is 0 Å². The van der Waals surface area contributed by atoms with Gasteiger partial charge in [-0.15, -0.1) is 0 Å². The molecule has 19 heavy (non-hydrogen) atoms. The fourth-order valence-electron chi connectivity index (χ4n) is 1.69. The lowest BCUT2D eigenvalue weighted by Gasteiger charge is -2.20. The molecule has 0 bridgehead atoms. The number of rotatable bonds is 4. The number of halogens is 1. The molecule has 0 saturated heterocycles. The van der Waals surface area contributed by atoms with Crippen molar-refractivity contribution >= 4 is 0 Å². The number of nitrogens with one attached hydrogen (secondary N) is 1. The lowest BCUT2D eigenvalue weighted by molar-refractivity contribution is 0.409. The molecule has 0 amide bonds. The Morgan fingerprint density at radius 1 is 1.26 bits per heavy atom. The van der Waals surface area contributed by atoms with Crippen molar-refractivity contribution in [2.75, 3.05) is 0 Å². The monoisotopic (exact) mass is 262 g/mol. The van der Waals surface area contributed by atoms with E-state index in [1.807, 2.05) is 6.07 Å². The van der Waals surface area contributed by atoms with Gasteiger partial charge in [-0.1, -0.05) is 18.2 Å². The van der Waals surface area contributed by atoms with Crippen LogP contribution >= 0.6 is 0 Å². The second kappa shape index (κ2) is 5.48. The standard InChI is InChI=1S/C14H19FN4/c1-14(2,3)17-8-13-16-10-18-19(13)9-11-6-4-5-7-12(11)15/h4-7,10,17H,8-9H2,1-3H3. The fourth-order valence-corrected chi connectivity index (χ4v) is 1.69. The van der Waals surface area contributed by atoms with Crippen molar-refractivity contribution in [3.05, 3.63) is 47.8 Å². The molecule has 2 rings (SSSR count). The van der Waals surface area contributed by atoms with Crippen LogP contribution in [0.2, 0.25) is 0 Å². The van der Waals surface area contributed by atoms with Crippen LogP contribution in [0.25, 0.3) is 0 Å². The molecule has 4 nitrogen and oxygen atoms in total. The third kappa shape index (κ3) is 3.86. The molecular weight excluding hydrogens is 243 g/mol. The highest BCUT2D eigenvalue weighted by Gasteiger charge is 2.12. The molecule has 0 aliphatic carbocycles. The second-order valence-corrected chi connectivity index (χ2v) is 5.53. The third-order valence-electron chi connectivity index (χ3n) is 2.75. The summed E-state index contributed by atoms with van der Waals surface area (Å²) in [5, 5.41) is 7.50. The molecule has 102 valence electrons. The normalized spacial score (nSPS) is 11.8. The van der Waals surface area contributed by atoms with Crippen molar-refractivity contribution in [3.8, 4) is 0 Å². The molecule has 0 aliphatic heterocycles. The Morgan fingerprint density at radius 2 is 2.00 bits per heavy atom. The third-order valence-corrected chi connectivity index (χ3v) is 2.75. The summed E-state index contributed by atoms with van der Waals surface area (Å²) in [6.07, 6.45) is 1.50. The van der Waals surface area contributed by atoms with Gasteiger partial charge in [0.1, 0.15) is 18.0 Å². The van der Waals surface area contributed by atoms with Crippen molar-refractivity contribution in [1.82, 2.24) is 20.1 Å². The van der Waals surface area contributed by atoms with E-state index in [0.717, 1.165) is 5.82 Å². The molecule has 0 fully saturated rings. The molecule has 0 spiro atoms. The zero-order valence-corrected chi connectivity index (χ0v) is 11.5. The minimum absolute atomic E-state index is 0.00871. The predicted octanol–water partition coefficient (Wildman–Crippen LogP) is 2.35. The van der Waals surface area contributed by atoms with Gasteiger partial charge in [0.25, 0.3) is 0 Å². The summed E-state index contributed by atoms with van der Waals surface area (Å²) in [4.78, 5) is 4.21. The van der Waals surface area contributed by atoms with E-state index in [-0.39, 0.29) is 11.4 Å². The van der Waals surface area contributed by atoms with Crippen molar-refractivity contribution in [2.45, 2.75) is 39.4 Å². The molecule has 0 radical (unpaired) electrons. The maximum atomic E-state index is 13.6. The lowest BCUT2D eigenvalue weighted by Crippen LogP contribution is -2.36. The van der Waals surface area contributed by atoms with Gasteiger partial charge in [-0.25, -0.2) is 14.1 Å². The molecule has 0 atom stereocenters. The summed E-state index contributed by atoms with van der Waals surface area (Å²) in [6, 6.07) is 6.72. The summed E-state index contributed by atoms with van der Waals surface area (Å²) in [5.74, 6) is 0.589. The van der Waals surface area contributed by atoms with Gasteiger partial charge in [-0.2, -0.15) is 5.10 Å². The number of hydrogen-bond acceptors (Lipinski definition) is 3. The minimum Gasteiger partial charge on any atom is -0.305 e. The van der Waals surface area contributed by atoms with E-state index in [4.69, 9.17) is 0 Å². The van der Waals surface area contributed by atoms with Gasteiger partial charge in [0.2, 0.25) is 0 Å². The Hall–Kier alpha value is -1.75. The molecule has 1 aromatic carbocycles. The molecule has 5 heteroatoms. The number of nitrogens with zero attached hydrogens (tertiary/aromatic N) is 3. The van der Waals surface area contributed by atoms with E-state index >= 15 is 0 Å². The first-order chi connectivity index (χ1) is 8.96. The van der Waals surface area contributed by atoms with Crippen LogP contribution in [-0.2, 0) is 13.1 Å². The summed E-state index contributed by atoms with van der Waals surface area (Å²) in [5.41, 5.74) is 0.624. The molecule has 0 unspecified atom stereocenters. The maximum absolute atomic E-state index is 13.6. The highest BCUT2D eigenvalue weighted by molar-refractivity contribution is 5.17. The van der Waals surface area contributed by atoms with Crippen LogP contribution in [0.5, 0.6) is 0 Å². The predicted molar refractivity (Wildman–Crippen MR) is 72.1 cm³/mol. The number of aromatic nitrogens is 3. The van der Waals surface area contributed by atoms with E-state index in [2.05, 4.69) is 36.2 Å². The first kappa shape index (κ1) is 13.7. The molecule has 1 aromatic heterocycles. The molecular formula is C14H19FN4. The van der Waals surface area contributed by atoms with Gasteiger partial charge in [0.05, 0.1) is 13.1 Å². The topological polar surface area (TPSA) is 42.7 Å². The highest BCUT2D eigenvalue weighted by Crippen LogP contribution is 2.09.